The van der Waals surface area contributed by atoms with E-state index >= 15 is 0 Å². The number of fused-ring (bicyclic) bond motifs is 2. The van der Waals surface area contributed by atoms with E-state index in [2.05, 4.69) is 0 Å². The van der Waals surface area contributed by atoms with E-state index in [0.29, 0.717) is 0 Å². The zero-order valence-electron chi connectivity index (χ0n) is 5.74. The van der Waals surface area contributed by atoms with Gasteiger partial charge in [-0.25, -0.2) is 9.18 Å². The van der Waals surface area contributed by atoms with E-state index in [4.69, 9.17) is 9.84 Å². The van der Waals surface area contributed by atoms with Crippen LogP contribution in [0, 0.1) is 0 Å². The summed E-state index contributed by atoms with van der Waals surface area (Å²) in [5.41, 5.74) is 0. The molecule has 0 aromatic rings. The first-order valence-corrected chi connectivity index (χ1v) is 3.45. The van der Waals surface area contributed by atoms with E-state index in [9.17, 15) is 9.18 Å². The standard InChI is InChI=1S/C6H8FNO3/c7-5-3-2-11-4(5)1-8(3)6(9)10/h3-5H,1-2H2,(H,9,10). The Morgan fingerprint density at radius 3 is 2.73 bits per heavy atom. The zero-order chi connectivity index (χ0) is 8.01. The van der Waals surface area contributed by atoms with Crippen LogP contribution < -0.4 is 0 Å². The molecule has 62 valence electrons. The maximum atomic E-state index is 13.0. The SMILES string of the molecule is O=C(O)N1CC2OCC1C2F. The highest BCUT2D eigenvalue weighted by molar-refractivity contribution is 5.66. The van der Waals surface area contributed by atoms with Crippen LogP contribution >= 0.6 is 0 Å². The average molecular weight is 161 g/mol. The van der Waals surface area contributed by atoms with Crippen LogP contribution in [0.2, 0.25) is 0 Å². The predicted octanol–water partition coefficient (Wildman–Crippen LogP) is 0.0855. The molecule has 0 aromatic heterocycles. The number of rotatable bonds is 0. The van der Waals surface area contributed by atoms with Gasteiger partial charge in [-0.05, 0) is 0 Å². The molecule has 11 heavy (non-hydrogen) atoms. The molecule has 0 saturated carbocycles. The molecule has 5 heteroatoms. The molecule has 0 spiro atoms. The smallest absolute Gasteiger partial charge is 0.407 e. The molecule has 2 bridgehead atoms. The Labute approximate surface area is 62.5 Å². The van der Waals surface area contributed by atoms with E-state index in [-0.39, 0.29) is 13.2 Å². The summed E-state index contributed by atoms with van der Waals surface area (Å²) in [7, 11) is 0. The summed E-state index contributed by atoms with van der Waals surface area (Å²) in [6, 6.07) is -0.558. The lowest BCUT2D eigenvalue weighted by Gasteiger charge is -2.22. The first-order valence-electron chi connectivity index (χ1n) is 3.45. The Kier molecular flexibility index (Phi) is 1.29. The highest BCUT2D eigenvalue weighted by atomic mass is 19.1. The molecule has 0 radical (unpaired) electrons. The molecule has 4 nitrogen and oxygen atoms in total. The summed E-state index contributed by atoms with van der Waals surface area (Å²) in [6.45, 7) is 0.388. The fourth-order valence-electron chi connectivity index (χ4n) is 1.62. The van der Waals surface area contributed by atoms with Gasteiger partial charge in [0.25, 0.3) is 0 Å². The molecule has 2 saturated heterocycles. The molecule has 2 fully saturated rings. The third kappa shape index (κ3) is 0.805. The van der Waals surface area contributed by atoms with Gasteiger partial charge in [0.1, 0.15) is 6.10 Å². The van der Waals surface area contributed by atoms with Gasteiger partial charge in [0.15, 0.2) is 6.17 Å². The van der Waals surface area contributed by atoms with Crippen molar-refractivity contribution in [3.05, 3.63) is 0 Å². The molecule has 0 aliphatic carbocycles. The van der Waals surface area contributed by atoms with Crippen LogP contribution in [-0.2, 0) is 4.74 Å². The van der Waals surface area contributed by atoms with E-state index in [1.165, 1.54) is 0 Å². The van der Waals surface area contributed by atoms with Crippen molar-refractivity contribution in [3.8, 4) is 0 Å². The Balaban J connectivity index is 2.14. The average Bonchev–Trinajstić information content (AvgIpc) is 2.46. The first kappa shape index (κ1) is 6.84. The number of ether oxygens (including phenoxy) is 1. The lowest BCUT2D eigenvalue weighted by molar-refractivity contribution is 0.0299. The highest BCUT2D eigenvalue weighted by Crippen LogP contribution is 2.30. The van der Waals surface area contributed by atoms with Gasteiger partial charge in [-0.3, -0.25) is 4.90 Å². The quantitative estimate of drug-likeness (QED) is 0.547. The maximum absolute atomic E-state index is 13.0. The lowest BCUT2D eigenvalue weighted by Crippen LogP contribution is -2.41. The molecule has 0 aromatic carbocycles. The van der Waals surface area contributed by atoms with Crippen molar-refractivity contribution in [2.75, 3.05) is 13.2 Å². The van der Waals surface area contributed by atoms with Crippen molar-refractivity contribution in [2.24, 2.45) is 0 Å². The van der Waals surface area contributed by atoms with Crippen molar-refractivity contribution in [1.82, 2.24) is 4.90 Å². The monoisotopic (exact) mass is 161 g/mol. The number of morpholine rings is 1. The highest BCUT2D eigenvalue weighted by Gasteiger charge is 2.50. The largest absolute Gasteiger partial charge is 0.465 e. The number of carboxylic acid groups (broad SMARTS) is 1. The normalized spacial score (nSPS) is 41.5. The molecule has 3 atom stereocenters. The summed E-state index contributed by atoms with van der Waals surface area (Å²) in [6.07, 6.45) is -2.69. The number of hydrogen-bond acceptors (Lipinski definition) is 2. The van der Waals surface area contributed by atoms with E-state index in [1.54, 1.807) is 0 Å². The molecule has 1 amide bonds. The Morgan fingerprint density at radius 1 is 1.73 bits per heavy atom. The van der Waals surface area contributed by atoms with Gasteiger partial charge in [-0.15, -0.1) is 0 Å². The second-order valence-corrected chi connectivity index (χ2v) is 2.82. The fraction of sp³-hybridized carbons (Fsp3) is 0.833. The molecule has 2 aliphatic rings. The molecule has 2 aliphatic heterocycles. The summed E-state index contributed by atoms with van der Waals surface area (Å²) in [4.78, 5) is 11.6. The molecule has 2 rings (SSSR count). The summed E-state index contributed by atoms with van der Waals surface area (Å²) in [5, 5.41) is 8.56. The van der Waals surface area contributed by atoms with Crippen molar-refractivity contribution in [3.63, 3.8) is 0 Å². The second kappa shape index (κ2) is 2.07. The Hall–Kier alpha value is -0.840. The minimum atomic E-state index is -1.12. The van der Waals surface area contributed by atoms with E-state index in [0.717, 1.165) is 4.90 Å². The Bertz CT molecular complexity index is 198. The van der Waals surface area contributed by atoms with Gasteiger partial charge >= 0.3 is 6.09 Å². The second-order valence-electron chi connectivity index (χ2n) is 2.82. The van der Waals surface area contributed by atoms with Gasteiger partial charge in [-0.2, -0.15) is 0 Å². The fourth-order valence-corrected chi connectivity index (χ4v) is 1.62. The number of alkyl halides is 1. The van der Waals surface area contributed by atoms with E-state index < -0.39 is 24.4 Å². The van der Waals surface area contributed by atoms with Crippen LogP contribution in [0.1, 0.15) is 0 Å². The lowest BCUT2D eigenvalue weighted by atomic mass is 10.2. The number of amides is 1. The van der Waals surface area contributed by atoms with Crippen molar-refractivity contribution >= 4 is 6.09 Å². The number of hydrogen-bond donors (Lipinski definition) is 1. The first-order chi connectivity index (χ1) is 5.20. The van der Waals surface area contributed by atoms with Crippen LogP contribution in [0.3, 0.4) is 0 Å². The minimum Gasteiger partial charge on any atom is -0.465 e. The number of carbonyl (C=O) groups is 1. The maximum Gasteiger partial charge on any atom is 0.407 e. The molecular formula is C6H8FNO3. The topological polar surface area (TPSA) is 49.8 Å². The van der Waals surface area contributed by atoms with Gasteiger partial charge < -0.3 is 9.84 Å². The van der Waals surface area contributed by atoms with Crippen LogP contribution in [-0.4, -0.2) is 47.6 Å². The van der Waals surface area contributed by atoms with Gasteiger partial charge in [0, 0.05) is 0 Å². The van der Waals surface area contributed by atoms with Crippen molar-refractivity contribution in [2.45, 2.75) is 18.3 Å². The molecular weight excluding hydrogens is 153 g/mol. The number of likely N-dealkylation sites (tertiary alicyclic amines) is 1. The number of nitrogens with zero attached hydrogens (tertiary/aromatic N) is 1. The summed E-state index contributed by atoms with van der Waals surface area (Å²) >= 11 is 0. The van der Waals surface area contributed by atoms with Gasteiger partial charge in [0.05, 0.1) is 19.2 Å². The van der Waals surface area contributed by atoms with Crippen LogP contribution in [0.5, 0.6) is 0 Å². The molecule has 2 heterocycles. The Morgan fingerprint density at radius 2 is 2.45 bits per heavy atom. The zero-order valence-corrected chi connectivity index (χ0v) is 5.74. The molecule has 1 N–H and O–H groups in total. The third-order valence-electron chi connectivity index (χ3n) is 2.23. The van der Waals surface area contributed by atoms with Crippen molar-refractivity contribution in [1.29, 1.82) is 0 Å². The van der Waals surface area contributed by atoms with Gasteiger partial charge in [0.2, 0.25) is 0 Å². The van der Waals surface area contributed by atoms with Crippen LogP contribution in [0.4, 0.5) is 9.18 Å². The summed E-state index contributed by atoms with van der Waals surface area (Å²) < 4.78 is 17.9. The minimum absolute atomic E-state index is 0.182. The molecule has 3 unspecified atom stereocenters. The summed E-state index contributed by atoms with van der Waals surface area (Å²) in [5.74, 6) is 0. The predicted molar refractivity (Wildman–Crippen MR) is 33.2 cm³/mol. The van der Waals surface area contributed by atoms with E-state index in [1.807, 2.05) is 0 Å². The number of halogens is 1. The van der Waals surface area contributed by atoms with Crippen molar-refractivity contribution < 1.29 is 19.0 Å². The third-order valence-corrected chi connectivity index (χ3v) is 2.23. The van der Waals surface area contributed by atoms with Gasteiger partial charge in [-0.1, -0.05) is 0 Å². The van der Waals surface area contributed by atoms with Crippen LogP contribution in [0.25, 0.3) is 0 Å². The van der Waals surface area contributed by atoms with Crippen LogP contribution in [0.15, 0.2) is 0 Å².